The third kappa shape index (κ3) is 3.18. The molecule has 0 spiro atoms. The zero-order valence-corrected chi connectivity index (χ0v) is 13.4. The number of nitrogens with one attached hydrogen (secondary N) is 1. The van der Waals surface area contributed by atoms with Crippen LogP contribution in [-0.2, 0) is 21.4 Å². The van der Waals surface area contributed by atoms with Gasteiger partial charge >= 0.3 is 0 Å². The lowest BCUT2D eigenvalue weighted by Gasteiger charge is -2.16. The van der Waals surface area contributed by atoms with Crippen LogP contribution in [-0.4, -0.2) is 25.9 Å². The van der Waals surface area contributed by atoms with Crippen LogP contribution in [0.2, 0.25) is 0 Å². The topological polar surface area (TPSA) is 79.4 Å². The molecule has 116 valence electrons. The predicted octanol–water partition coefficient (Wildman–Crippen LogP) is 1.75. The van der Waals surface area contributed by atoms with E-state index in [9.17, 15) is 13.2 Å². The van der Waals surface area contributed by atoms with E-state index < -0.39 is 10.0 Å². The maximum atomic E-state index is 12.1. The summed E-state index contributed by atoms with van der Waals surface area (Å²) in [5.74, 6) is 0.0816. The van der Waals surface area contributed by atoms with Crippen molar-refractivity contribution in [3.63, 3.8) is 0 Å². The Kier molecular flexibility index (Phi) is 4.23. The first-order chi connectivity index (χ1) is 10.6. The van der Waals surface area contributed by atoms with Crippen molar-refractivity contribution >= 4 is 33.0 Å². The molecule has 1 aliphatic rings. The summed E-state index contributed by atoms with van der Waals surface area (Å²) in [5, 5.41) is 1.72. The second-order valence-corrected chi connectivity index (χ2v) is 7.90. The van der Waals surface area contributed by atoms with Crippen molar-refractivity contribution in [2.75, 3.05) is 11.4 Å². The highest BCUT2D eigenvalue weighted by atomic mass is 32.2. The van der Waals surface area contributed by atoms with Gasteiger partial charge in [0.25, 0.3) is 0 Å². The molecule has 0 aromatic carbocycles. The van der Waals surface area contributed by atoms with Crippen molar-refractivity contribution in [2.24, 2.45) is 0 Å². The van der Waals surface area contributed by atoms with Crippen LogP contribution in [0.1, 0.15) is 18.4 Å². The monoisotopic (exact) mass is 337 g/mol. The highest BCUT2D eigenvalue weighted by molar-refractivity contribution is 7.91. The van der Waals surface area contributed by atoms with Gasteiger partial charge in [0.15, 0.2) is 0 Å². The summed E-state index contributed by atoms with van der Waals surface area (Å²) in [7, 11) is -3.50. The first-order valence-electron chi connectivity index (χ1n) is 6.84. The summed E-state index contributed by atoms with van der Waals surface area (Å²) in [4.78, 5) is 17.5. The Morgan fingerprint density at radius 2 is 2.23 bits per heavy atom. The molecule has 3 heterocycles. The van der Waals surface area contributed by atoms with E-state index in [1.54, 1.807) is 40.9 Å². The van der Waals surface area contributed by atoms with Crippen LogP contribution in [0.5, 0.6) is 0 Å². The third-order valence-electron chi connectivity index (χ3n) is 3.39. The van der Waals surface area contributed by atoms with Crippen LogP contribution < -0.4 is 9.62 Å². The Bertz CT molecular complexity index is 772. The lowest BCUT2D eigenvalue weighted by atomic mass is 10.2. The molecule has 2 aromatic heterocycles. The fraction of sp³-hybridized carbons (Fsp3) is 0.286. The van der Waals surface area contributed by atoms with Gasteiger partial charge in [-0.15, -0.1) is 11.3 Å². The molecule has 6 nitrogen and oxygen atoms in total. The molecular formula is C14H15N3O3S2. The SMILES string of the molecule is O=C1CCCN1c1cncc(CNS(=O)(=O)c2cccs2)c1. The minimum atomic E-state index is -3.50. The molecule has 0 radical (unpaired) electrons. The zero-order valence-electron chi connectivity index (χ0n) is 11.7. The van der Waals surface area contributed by atoms with Gasteiger partial charge in [-0.3, -0.25) is 9.78 Å². The molecule has 0 bridgehead atoms. The molecule has 1 fully saturated rings. The molecule has 1 aliphatic heterocycles. The summed E-state index contributed by atoms with van der Waals surface area (Å²) >= 11 is 1.17. The first-order valence-corrected chi connectivity index (χ1v) is 9.20. The van der Waals surface area contributed by atoms with Gasteiger partial charge in [0.2, 0.25) is 15.9 Å². The fourth-order valence-electron chi connectivity index (χ4n) is 2.31. The van der Waals surface area contributed by atoms with Crippen LogP contribution in [0.4, 0.5) is 5.69 Å². The standard InChI is InChI=1S/C14H15N3O3S2/c18-13-3-1-5-17(13)12-7-11(8-15-10-12)9-16-22(19,20)14-4-2-6-21-14/h2,4,6-8,10,16H,1,3,5,9H2. The zero-order chi connectivity index (χ0) is 15.6. The molecule has 0 atom stereocenters. The number of aromatic nitrogens is 1. The number of carbonyl (C=O) groups excluding carboxylic acids is 1. The smallest absolute Gasteiger partial charge is 0.250 e. The minimum absolute atomic E-state index is 0.0816. The Morgan fingerprint density at radius 3 is 2.91 bits per heavy atom. The van der Waals surface area contributed by atoms with Crippen molar-refractivity contribution in [1.29, 1.82) is 0 Å². The minimum Gasteiger partial charge on any atom is -0.311 e. The molecule has 2 aromatic rings. The molecular weight excluding hydrogens is 322 g/mol. The molecule has 22 heavy (non-hydrogen) atoms. The number of anilines is 1. The van der Waals surface area contributed by atoms with E-state index in [1.165, 1.54) is 11.3 Å². The lowest BCUT2D eigenvalue weighted by molar-refractivity contribution is -0.117. The fourth-order valence-corrected chi connectivity index (χ4v) is 4.36. The maximum Gasteiger partial charge on any atom is 0.250 e. The maximum absolute atomic E-state index is 12.1. The molecule has 0 saturated carbocycles. The highest BCUT2D eigenvalue weighted by Gasteiger charge is 2.22. The third-order valence-corrected chi connectivity index (χ3v) is 6.19. The van der Waals surface area contributed by atoms with E-state index in [2.05, 4.69) is 9.71 Å². The average molecular weight is 337 g/mol. The number of amides is 1. The molecule has 0 aliphatic carbocycles. The number of thiophene rings is 1. The number of pyridine rings is 1. The normalized spacial score (nSPS) is 15.5. The summed E-state index contributed by atoms with van der Waals surface area (Å²) in [6.07, 6.45) is 4.62. The van der Waals surface area contributed by atoms with E-state index in [-0.39, 0.29) is 16.7 Å². The first kappa shape index (κ1) is 15.1. The number of hydrogen-bond acceptors (Lipinski definition) is 5. The van der Waals surface area contributed by atoms with Gasteiger partial charge < -0.3 is 4.90 Å². The second kappa shape index (κ2) is 6.15. The Morgan fingerprint density at radius 1 is 1.36 bits per heavy atom. The van der Waals surface area contributed by atoms with E-state index in [0.29, 0.717) is 13.0 Å². The van der Waals surface area contributed by atoms with E-state index in [1.807, 2.05) is 0 Å². The Balaban J connectivity index is 1.72. The molecule has 0 unspecified atom stereocenters. The van der Waals surface area contributed by atoms with Crippen molar-refractivity contribution < 1.29 is 13.2 Å². The van der Waals surface area contributed by atoms with Crippen LogP contribution in [0.15, 0.2) is 40.2 Å². The number of nitrogens with zero attached hydrogens (tertiary/aromatic N) is 2. The van der Waals surface area contributed by atoms with Crippen LogP contribution in [0.3, 0.4) is 0 Å². The van der Waals surface area contributed by atoms with Gasteiger partial charge in [-0.05, 0) is 29.5 Å². The average Bonchev–Trinajstić information content (AvgIpc) is 3.17. The van der Waals surface area contributed by atoms with Gasteiger partial charge in [-0.25, -0.2) is 13.1 Å². The van der Waals surface area contributed by atoms with Crippen LogP contribution >= 0.6 is 11.3 Å². The molecule has 1 N–H and O–H groups in total. The van der Waals surface area contributed by atoms with Crippen molar-refractivity contribution in [3.8, 4) is 0 Å². The Hall–Kier alpha value is -1.77. The summed E-state index contributed by atoms with van der Waals surface area (Å²) in [5.41, 5.74) is 1.44. The second-order valence-electron chi connectivity index (χ2n) is 4.96. The number of rotatable bonds is 5. The van der Waals surface area contributed by atoms with E-state index in [0.717, 1.165) is 17.7 Å². The molecule has 3 rings (SSSR count). The molecule has 1 saturated heterocycles. The number of hydrogen-bond donors (Lipinski definition) is 1. The number of carbonyl (C=O) groups is 1. The lowest BCUT2D eigenvalue weighted by Crippen LogP contribution is -2.25. The van der Waals surface area contributed by atoms with Crippen molar-refractivity contribution in [3.05, 3.63) is 41.5 Å². The quantitative estimate of drug-likeness (QED) is 0.901. The van der Waals surface area contributed by atoms with Gasteiger partial charge in [0.1, 0.15) is 4.21 Å². The van der Waals surface area contributed by atoms with Gasteiger partial charge in [0.05, 0.1) is 11.9 Å². The Labute approximate surface area is 132 Å². The highest BCUT2D eigenvalue weighted by Crippen LogP contribution is 2.21. The van der Waals surface area contributed by atoms with Crippen LogP contribution in [0, 0.1) is 0 Å². The van der Waals surface area contributed by atoms with Crippen molar-refractivity contribution in [1.82, 2.24) is 9.71 Å². The van der Waals surface area contributed by atoms with Gasteiger partial charge in [0, 0.05) is 25.7 Å². The summed E-state index contributed by atoms with van der Waals surface area (Å²) in [6.45, 7) is 0.827. The van der Waals surface area contributed by atoms with Gasteiger partial charge in [-0.2, -0.15) is 0 Å². The van der Waals surface area contributed by atoms with E-state index in [4.69, 9.17) is 0 Å². The van der Waals surface area contributed by atoms with Gasteiger partial charge in [-0.1, -0.05) is 6.07 Å². The largest absolute Gasteiger partial charge is 0.311 e. The number of sulfonamides is 1. The summed E-state index contributed by atoms with van der Waals surface area (Å²) < 4.78 is 27.0. The van der Waals surface area contributed by atoms with Crippen molar-refractivity contribution in [2.45, 2.75) is 23.6 Å². The van der Waals surface area contributed by atoms with Crippen LogP contribution in [0.25, 0.3) is 0 Å². The predicted molar refractivity (Wildman–Crippen MR) is 84.2 cm³/mol. The van der Waals surface area contributed by atoms with E-state index >= 15 is 0 Å². The molecule has 1 amide bonds. The molecule has 8 heteroatoms. The summed E-state index contributed by atoms with van der Waals surface area (Å²) in [6, 6.07) is 5.05.